The van der Waals surface area contributed by atoms with Crippen LogP contribution in [-0.4, -0.2) is 33.0 Å². The minimum Gasteiger partial charge on any atom is -0.354 e. The Hall–Kier alpha value is -1.96. The van der Waals surface area contributed by atoms with Crippen molar-refractivity contribution in [1.29, 1.82) is 0 Å². The van der Waals surface area contributed by atoms with E-state index in [1.807, 2.05) is 19.2 Å². The average molecular weight is 265 g/mol. The van der Waals surface area contributed by atoms with Gasteiger partial charge in [-0.05, 0) is 13.8 Å². The second-order valence-corrected chi connectivity index (χ2v) is 4.22. The number of nitrogens with zero attached hydrogens (tertiary/aromatic N) is 4. The topological polar surface area (TPSA) is 87.7 Å². The highest BCUT2D eigenvalue weighted by molar-refractivity contribution is 7.13. The van der Waals surface area contributed by atoms with Crippen LogP contribution in [0.3, 0.4) is 0 Å². The Balaban J connectivity index is 2.21. The summed E-state index contributed by atoms with van der Waals surface area (Å²) in [6.07, 6.45) is 1.73. The predicted molar refractivity (Wildman–Crippen MR) is 73.6 cm³/mol. The van der Waals surface area contributed by atoms with Crippen molar-refractivity contribution in [3.63, 3.8) is 0 Å². The van der Waals surface area contributed by atoms with E-state index in [-0.39, 0.29) is 0 Å². The molecule has 0 spiro atoms. The molecule has 0 unspecified atom stereocenters. The monoisotopic (exact) mass is 265 g/mol. The first-order valence-corrected chi connectivity index (χ1v) is 6.60. The van der Waals surface area contributed by atoms with E-state index in [2.05, 4.69) is 35.9 Å². The van der Waals surface area contributed by atoms with Gasteiger partial charge in [-0.15, -0.1) is 11.3 Å². The largest absolute Gasteiger partial charge is 0.354 e. The van der Waals surface area contributed by atoms with Gasteiger partial charge < -0.3 is 10.6 Å². The Morgan fingerprint density at radius 2 is 1.61 bits per heavy atom. The number of hydrogen-bond acceptors (Lipinski definition) is 8. The third-order valence-corrected chi connectivity index (χ3v) is 2.64. The van der Waals surface area contributed by atoms with Gasteiger partial charge in [-0.3, -0.25) is 5.32 Å². The normalized spacial score (nSPS) is 10.1. The zero-order chi connectivity index (χ0) is 12.8. The van der Waals surface area contributed by atoms with Crippen LogP contribution in [0, 0.1) is 0 Å². The molecule has 0 aliphatic heterocycles. The Morgan fingerprint density at radius 3 is 2.11 bits per heavy atom. The molecule has 0 saturated carbocycles. The summed E-state index contributed by atoms with van der Waals surface area (Å²) in [5.41, 5.74) is 0. The molecular weight excluding hydrogens is 250 g/mol. The van der Waals surface area contributed by atoms with Crippen molar-refractivity contribution < 1.29 is 0 Å². The number of nitrogens with one attached hydrogen (secondary N) is 3. The molecule has 3 N–H and O–H groups in total. The maximum absolute atomic E-state index is 4.26. The van der Waals surface area contributed by atoms with Crippen molar-refractivity contribution in [2.45, 2.75) is 13.8 Å². The highest BCUT2D eigenvalue weighted by Gasteiger charge is 2.06. The Bertz CT molecular complexity index is 461. The van der Waals surface area contributed by atoms with Crippen LogP contribution in [0.5, 0.6) is 0 Å². The fourth-order valence-electron chi connectivity index (χ4n) is 1.29. The molecule has 2 rings (SSSR count). The summed E-state index contributed by atoms with van der Waals surface area (Å²) in [7, 11) is 0. The van der Waals surface area contributed by atoms with Gasteiger partial charge in [0.15, 0.2) is 5.13 Å². The summed E-state index contributed by atoms with van der Waals surface area (Å²) < 4.78 is 0. The van der Waals surface area contributed by atoms with Gasteiger partial charge in [-0.1, -0.05) is 0 Å². The van der Waals surface area contributed by atoms with Crippen LogP contribution in [0.4, 0.5) is 23.0 Å². The second-order valence-electron chi connectivity index (χ2n) is 3.33. The smallest absolute Gasteiger partial charge is 0.235 e. The highest BCUT2D eigenvalue weighted by atomic mass is 32.1. The molecule has 0 aliphatic carbocycles. The molecule has 2 aromatic rings. The third kappa shape index (κ3) is 3.27. The van der Waals surface area contributed by atoms with Gasteiger partial charge in [-0.2, -0.15) is 15.0 Å². The van der Waals surface area contributed by atoms with Gasteiger partial charge in [0.25, 0.3) is 0 Å². The minimum atomic E-state index is 0.479. The third-order valence-electron chi connectivity index (χ3n) is 1.96. The van der Waals surface area contributed by atoms with Crippen molar-refractivity contribution in [2.24, 2.45) is 0 Å². The molecule has 96 valence electrons. The maximum Gasteiger partial charge on any atom is 0.235 e. The van der Waals surface area contributed by atoms with Crippen molar-refractivity contribution in [2.75, 3.05) is 29.0 Å². The standard InChI is InChI=1S/C10H15N7S/c1-3-11-7-14-8(12-4-2)16-9(15-7)17-10-13-5-6-18-10/h5-6H,3-4H2,1-2H3,(H3,11,12,13,14,15,16,17). The summed E-state index contributed by atoms with van der Waals surface area (Å²) in [6.45, 7) is 5.49. The number of thiazole rings is 1. The molecule has 7 nitrogen and oxygen atoms in total. The molecule has 2 heterocycles. The lowest BCUT2D eigenvalue weighted by atomic mass is 10.7. The number of anilines is 4. The lowest BCUT2D eigenvalue weighted by Crippen LogP contribution is -2.10. The van der Waals surface area contributed by atoms with Crippen molar-refractivity contribution in [3.8, 4) is 0 Å². The van der Waals surface area contributed by atoms with E-state index in [0.29, 0.717) is 17.8 Å². The minimum absolute atomic E-state index is 0.479. The van der Waals surface area contributed by atoms with Gasteiger partial charge in [0, 0.05) is 24.7 Å². The van der Waals surface area contributed by atoms with Crippen molar-refractivity contribution in [3.05, 3.63) is 11.6 Å². The fourth-order valence-corrected chi connectivity index (χ4v) is 1.81. The summed E-state index contributed by atoms with van der Waals surface area (Å²) in [4.78, 5) is 16.9. The quantitative estimate of drug-likeness (QED) is 0.735. The molecule has 0 aromatic carbocycles. The molecule has 8 heteroatoms. The number of aromatic nitrogens is 4. The van der Waals surface area contributed by atoms with Crippen LogP contribution < -0.4 is 16.0 Å². The lowest BCUT2D eigenvalue weighted by Gasteiger charge is -2.08. The SMILES string of the molecule is CCNc1nc(NCC)nc(Nc2nccs2)n1. The fraction of sp³-hybridized carbons (Fsp3) is 0.400. The summed E-state index contributed by atoms with van der Waals surface area (Å²) >= 11 is 1.49. The van der Waals surface area contributed by atoms with E-state index in [0.717, 1.165) is 18.2 Å². The van der Waals surface area contributed by atoms with Crippen LogP contribution in [0.15, 0.2) is 11.6 Å². The first-order valence-electron chi connectivity index (χ1n) is 5.72. The summed E-state index contributed by atoms with van der Waals surface area (Å²) in [5.74, 6) is 1.57. The van der Waals surface area contributed by atoms with E-state index in [1.54, 1.807) is 6.20 Å². The van der Waals surface area contributed by atoms with Gasteiger partial charge in [0.1, 0.15) is 0 Å². The van der Waals surface area contributed by atoms with Crippen molar-refractivity contribution >= 4 is 34.3 Å². The Morgan fingerprint density at radius 1 is 1.00 bits per heavy atom. The number of hydrogen-bond donors (Lipinski definition) is 3. The van der Waals surface area contributed by atoms with Crippen LogP contribution in [0.25, 0.3) is 0 Å². The van der Waals surface area contributed by atoms with E-state index < -0.39 is 0 Å². The summed E-state index contributed by atoms with van der Waals surface area (Å²) in [6, 6.07) is 0. The zero-order valence-corrected chi connectivity index (χ0v) is 11.1. The van der Waals surface area contributed by atoms with Gasteiger partial charge in [0.05, 0.1) is 0 Å². The molecular formula is C10H15N7S. The molecule has 0 amide bonds. The van der Waals surface area contributed by atoms with Crippen LogP contribution in [0.2, 0.25) is 0 Å². The molecule has 0 saturated heterocycles. The molecule has 0 aliphatic rings. The predicted octanol–water partition coefficient (Wildman–Crippen LogP) is 1.94. The van der Waals surface area contributed by atoms with Gasteiger partial charge >= 0.3 is 0 Å². The first-order chi connectivity index (χ1) is 8.81. The summed E-state index contributed by atoms with van der Waals surface area (Å²) in [5, 5.41) is 11.8. The van der Waals surface area contributed by atoms with E-state index >= 15 is 0 Å². The zero-order valence-electron chi connectivity index (χ0n) is 10.3. The molecule has 2 aromatic heterocycles. The second kappa shape index (κ2) is 6.10. The highest BCUT2D eigenvalue weighted by Crippen LogP contribution is 2.17. The molecule has 18 heavy (non-hydrogen) atoms. The molecule has 0 fully saturated rings. The average Bonchev–Trinajstić information content (AvgIpc) is 2.82. The van der Waals surface area contributed by atoms with E-state index in [1.165, 1.54) is 11.3 Å². The first kappa shape index (κ1) is 12.5. The van der Waals surface area contributed by atoms with Crippen LogP contribution >= 0.6 is 11.3 Å². The molecule has 0 radical (unpaired) electrons. The van der Waals surface area contributed by atoms with Gasteiger partial charge in [-0.25, -0.2) is 4.98 Å². The van der Waals surface area contributed by atoms with E-state index in [4.69, 9.17) is 0 Å². The van der Waals surface area contributed by atoms with Crippen LogP contribution in [-0.2, 0) is 0 Å². The Kier molecular flexibility index (Phi) is 4.24. The van der Waals surface area contributed by atoms with E-state index in [9.17, 15) is 0 Å². The number of rotatable bonds is 6. The molecule has 0 bridgehead atoms. The van der Waals surface area contributed by atoms with Crippen LogP contribution in [0.1, 0.15) is 13.8 Å². The molecule has 0 atom stereocenters. The Labute approximate surface area is 109 Å². The maximum atomic E-state index is 4.26. The van der Waals surface area contributed by atoms with Gasteiger partial charge in [0.2, 0.25) is 17.8 Å². The lowest BCUT2D eigenvalue weighted by molar-refractivity contribution is 1.00. The van der Waals surface area contributed by atoms with Crippen molar-refractivity contribution in [1.82, 2.24) is 19.9 Å².